The summed E-state index contributed by atoms with van der Waals surface area (Å²) in [4.78, 5) is 31.4. The highest BCUT2D eigenvalue weighted by atomic mass is 16.5. The molecular weight excluding hydrogens is 368 g/mol. The molecule has 7 heteroatoms. The topological polar surface area (TPSA) is 65.1 Å². The number of carbonyl (C=O) groups is 2. The number of amides is 3. The summed E-state index contributed by atoms with van der Waals surface area (Å²) in [5, 5.41) is 3.07. The summed E-state index contributed by atoms with van der Waals surface area (Å²) >= 11 is 0. The Morgan fingerprint density at radius 2 is 1.59 bits per heavy atom. The zero-order valence-electron chi connectivity index (χ0n) is 18.4. The van der Waals surface area contributed by atoms with Crippen molar-refractivity contribution in [3.63, 3.8) is 0 Å². The van der Waals surface area contributed by atoms with Crippen LogP contribution >= 0.6 is 0 Å². The molecule has 3 rings (SSSR count). The Morgan fingerprint density at radius 1 is 0.931 bits per heavy atom. The molecule has 3 saturated heterocycles. The highest BCUT2D eigenvalue weighted by Crippen LogP contribution is 2.22. The minimum absolute atomic E-state index is 0.0301. The molecule has 7 nitrogen and oxygen atoms in total. The fourth-order valence-corrected chi connectivity index (χ4v) is 5.11. The normalized spacial score (nSPS) is 27.1. The number of piperidine rings is 2. The molecule has 3 aliphatic rings. The summed E-state index contributed by atoms with van der Waals surface area (Å²) in [6.07, 6.45) is 5.05. The van der Waals surface area contributed by atoms with Crippen molar-refractivity contribution in [2.75, 3.05) is 65.6 Å². The maximum absolute atomic E-state index is 12.6. The van der Waals surface area contributed by atoms with Crippen LogP contribution in [0.5, 0.6) is 0 Å². The summed E-state index contributed by atoms with van der Waals surface area (Å²) in [5.74, 6) is 1.91. The second-order valence-corrected chi connectivity index (χ2v) is 9.34. The van der Waals surface area contributed by atoms with Gasteiger partial charge in [0.15, 0.2) is 0 Å². The van der Waals surface area contributed by atoms with Crippen molar-refractivity contribution in [1.29, 1.82) is 0 Å². The van der Waals surface area contributed by atoms with E-state index in [4.69, 9.17) is 4.74 Å². The van der Waals surface area contributed by atoms with E-state index in [1.165, 1.54) is 19.5 Å². The van der Waals surface area contributed by atoms with Gasteiger partial charge in [-0.05, 0) is 50.5 Å². The van der Waals surface area contributed by atoms with E-state index in [1.807, 2.05) is 9.80 Å². The average Bonchev–Trinajstić information content (AvgIpc) is 2.73. The lowest BCUT2D eigenvalue weighted by atomic mass is 9.92. The molecule has 3 fully saturated rings. The van der Waals surface area contributed by atoms with E-state index in [-0.39, 0.29) is 17.9 Å². The Balaban J connectivity index is 1.26. The first-order valence-corrected chi connectivity index (χ1v) is 11.6. The molecule has 2 atom stereocenters. The Hall–Kier alpha value is -1.34. The molecule has 0 aromatic rings. The van der Waals surface area contributed by atoms with Crippen LogP contribution in [0.4, 0.5) is 4.79 Å². The van der Waals surface area contributed by atoms with Crippen LogP contribution in [0.3, 0.4) is 0 Å². The van der Waals surface area contributed by atoms with E-state index in [2.05, 4.69) is 24.1 Å². The number of hydrogen-bond donors (Lipinski definition) is 1. The number of carbonyl (C=O) groups excluding carboxylic acids is 2. The van der Waals surface area contributed by atoms with Crippen LogP contribution < -0.4 is 5.32 Å². The minimum Gasteiger partial charge on any atom is -0.378 e. The molecular formula is C22H40N4O3. The number of nitrogens with zero attached hydrogens (tertiary/aromatic N) is 3. The summed E-state index contributed by atoms with van der Waals surface area (Å²) in [5.41, 5.74) is 0. The SMILES string of the molecule is CC1CC(C)CN(CCCCNC(=O)N2CCC(C(=O)N3CCOCC3)CC2)C1. The summed E-state index contributed by atoms with van der Waals surface area (Å²) < 4.78 is 5.33. The van der Waals surface area contributed by atoms with Gasteiger partial charge < -0.3 is 24.8 Å². The minimum atomic E-state index is 0.0301. The molecule has 0 aromatic heterocycles. The van der Waals surface area contributed by atoms with Gasteiger partial charge in [-0.2, -0.15) is 0 Å². The number of nitrogens with one attached hydrogen (secondary N) is 1. The molecule has 0 aromatic carbocycles. The van der Waals surface area contributed by atoms with Crippen molar-refractivity contribution in [3.8, 4) is 0 Å². The third-order valence-corrected chi connectivity index (χ3v) is 6.58. The monoisotopic (exact) mass is 408 g/mol. The first kappa shape index (κ1) is 22.3. The van der Waals surface area contributed by atoms with E-state index in [1.54, 1.807) is 0 Å². The third-order valence-electron chi connectivity index (χ3n) is 6.58. The molecule has 1 N–H and O–H groups in total. The predicted molar refractivity (Wildman–Crippen MR) is 114 cm³/mol. The van der Waals surface area contributed by atoms with Crippen molar-refractivity contribution in [1.82, 2.24) is 20.0 Å². The van der Waals surface area contributed by atoms with Gasteiger partial charge in [0.2, 0.25) is 5.91 Å². The maximum Gasteiger partial charge on any atom is 0.317 e. The van der Waals surface area contributed by atoms with E-state index in [0.717, 1.165) is 50.6 Å². The molecule has 3 aliphatic heterocycles. The highest BCUT2D eigenvalue weighted by molar-refractivity contribution is 5.80. The zero-order chi connectivity index (χ0) is 20.6. The Kier molecular flexibility index (Phi) is 8.60. The van der Waals surface area contributed by atoms with Crippen molar-refractivity contribution in [2.24, 2.45) is 17.8 Å². The van der Waals surface area contributed by atoms with Crippen LogP contribution in [0.25, 0.3) is 0 Å². The zero-order valence-corrected chi connectivity index (χ0v) is 18.4. The average molecular weight is 409 g/mol. The molecule has 0 bridgehead atoms. The lowest BCUT2D eigenvalue weighted by Gasteiger charge is -2.35. The molecule has 0 radical (unpaired) electrons. The largest absolute Gasteiger partial charge is 0.378 e. The first-order chi connectivity index (χ1) is 14.0. The van der Waals surface area contributed by atoms with Gasteiger partial charge in [0, 0.05) is 51.7 Å². The number of urea groups is 1. The number of morpholine rings is 1. The van der Waals surface area contributed by atoms with Crippen LogP contribution in [0.1, 0.15) is 46.0 Å². The van der Waals surface area contributed by atoms with Gasteiger partial charge in [0.1, 0.15) is 0 Å². The quantitative estimate of drug-likeness (QED) is 0.683. The first-order valence-electron chi connectivity index (χ1n) is 11.6. The van der Waals surface area contributed by atoms with Gasteiger partial charge >= 0.3 is 6.03 Å². The third kappa shape index (κ3) is 6.85. The van der Waals surface area contributed by atoms with Gasteiger partial charge in [-0.25, -0.2) is 4.79 Å². The molecule has 0 spiro atoms. The molecule has 29 heavy (non-hydrogen) atoms. The lowest BCUT2D eigenvalue weighted by molar-refractivity contribution is -0.141. The molecule has 166 valence electrons. The van der Waals surface area contributed by atoms with E-state index in [0.29, 0.717) is 39.4 Å². The molecule has 0 saturated carbocycles. The number of ether oxygens (including phenoxy) is 1. The Labute approximate surface area is 176 Å². The Bertz CT molecular complexity index is 520. The van der Waals surface area contributed by atoms with Gasteiger partial charge in [-0.1, -0.05) is 13.8 Å². The molecule has 3 heterocycles. The van der Waals surface area contributed by atoms with Crippen LogP contribution in [-0.2, 0) is 9.53 Å². The van der Waals surface area contributed by atoms with Crippen LogP contribution in [0, 0.1) is 17.8 Å². The van der Waals surface area contributed by atoms with Gasteiger partial charge in [-0.15, -0.1) is 0 Å². The van der Waals surface area contributed by atoms with Crippen LogP contribution in [0.2, 0.25) is 0 Å². The van der Waals surface area contributed by atoms with E-state index in [9.17, 15) is 9.59 Å². The summed E-state index contributed by atoms with van der Waals surface area (Å²) in [7, 11) is 0. The number of likely N-dealkylation sites (tertiary alicyclic amines) is 2. The predicted octanol–water partition coefficient (Wildman–Crippen LogP) is 2.02. The lowest BCUT2D eigenvalue weighted by Crippen LogP contribution is -2.49. The maximum atomic E-state index is 12.6. The van der Waals surface area contributed by atoms with Crippen molar-refractivity contribution in [2.45, 2.75) is 46.0 Å². The number of hydrogen-bond acceptors (Lipinski definition) is 4. The molecule has 3 amide bonds. The fraction of sp³-hybridized carbons (Fsp3) is 0.909. The van der Waals surface area contributed by atoms with Crippen molar-refractivity contribution < 1.29 is 14.3 Å². The second-order valence-electron chi connectivity index (χ2n) is 9.34. The van der Waals surface area contributed by atoms with Crippen molar-refractivity contribution >= 4 is 11.9 Å². The van der Waals surface area contributed by atoms with Crippen LogP contribution in [0.15, 0.2) is 0 Å². The summed E-state index contributed by atoms with van der Waals surface area (Å²) in [6.45, 7) is 13.1. The van der Waals surface area contributed by atoms with E-state index < -0.39 is 0 Å². The molecule has 0 aliphatic carbocycles. The van der Waals surface area contributed by atoms with Gasteiger partial charge in [0.25, 0.3) is 0 Å². The van der Waals surface area contributed by atoms with E-state index >= 15 is 0 Å². The highest BCUT2D eigenvalue weighted by Gasteiger charge is 2.30. The van der Waals surface area contributed by atoms with Crippen LogP contribution in [-0.4, -0.2) is 92.2 Å². The Morgan fingerprint density at radius 3 is 2.24 bits per heavy atom. The molecule has 2 unspecified atom stereocenters. The fourth-order valence-electron chi connectivity index (χ4n) is 5.11. The number of rotatable bonds is 6. The standard InChI is InChI=1S/C22H40N4O3/c1-18-15-19(2)17-24(16-18)8-4-3-7-23-22(28)26-9-5-20(6-10-26)21(27)25-11-13-29-14-12-25/h18-20H,3-17H2,1-2H3,(H,23,28). The number of unbranched alkanes of at least 4 members (excludes halogenated alkanes) is 1. The smallest absolute Gasteiger partial charge is 0.317 e. The van der Waals surface area contributed by atoms with Crippen molar-refractivity contribution in [3.05, 3.63) is 0 Å². The van der Waals surface area contributed by atoms with Gasteiger partial charge in [-0.3, -0.25) is 4.79 Å². The van der Waals surface area contributed by atoms with Gasteiger partial charge in [0.05, 0.1) is 13.2 Å². The summed E-state index contributed by atoms with van der Waals surface area (Å²) in [6, 6.07) is 0.0301. The second kappa shape index (κ2) is 11.2.